The summed E-state index contributed by atoms with van der Waals surface area (Å²) in [5, 5.41) is 25.5. The van der Waals surface area contributed by atoms with E-state index in [0.717, 1.165) is 0 Å². The number of hydrogen-bond acceptors (Lipinski definition) is 3. The van der Waals surface area contributed by atoms with Crippen molar-refractivity contribution in [1.82, 2.24) is 0 Å². The third-order valence-electron chi connectivity index (χ3n) is 2.28. The highest BCUT2D eigenvalue weighted by Gasteiger charge is 2.06. The summed E-state index contributed by atoms with van der Waals surface area (Å²) in [6.45, 7) is 10.2. The molecule has 0 amide bonds. The first-order valence-corrected chi connectivity index (χ1v) is 5.76. The van der Waals surface area contributed by atoms with Gasteiger partial charge in [-0.15, -0.1) is 0 Å². The normalized spacial score (nSPS) is 10.8. The van der Waals surface area contributed by atoms with Gasteiger partial charge in [-0.1, -0.05) is 27.0 Å². The lowest BCUT2D eigenvalue weighted by molar-refractivity contribution is -0.133. The van der Waals surface area contributed by atoms with Gasteiger partial charge in [-0.2, -0.15) is 0 Å². The minimum atomic E-state index is -0.978. The number of aliphatic hydroxyl groups is 1. The van der Waals surface area contributed by atoms with Gasteiger partial charge >= 0.3 is 11.9 Å². The van der Waals surface area contributed by atoms with Gasteiger partial charge in [-0.25, -0.2) is 9.59 Å². The van der Waals surface area contributed by atoms with E-state index in [2.05, 4.69) is 13.2 Å². The largest absolute Gasteiger partial charge is 0.478 e. The standard InChI is InChI=1S/C8H14O3.C5H8O2/c1-3-7(9)5-4-6(2)8(10)11;1-3-4(2)5(6)7/h7,9H,2-5H2,1H3,(H,10,11);2-3H2,1H3,(H,6,7). The van der Waals surface area contributed by atoms with Gasteiger partial charge < -0.3 is 15.3 Å². The van der Waals surface area contributed by atoms with Crippen molar-refractivity contribution in [1.29, 1.82) is 0 Å². The molecule has 5 nitrogen and oxygen atoms in total. The first kappa shape index (κ1) is 18.7. The molecule has 0 saturated carbocycles. The van der Waals surface area contributed by atoms with Gasteiger partial charge in [-0.05, 0) is 25.7 Å². The average molecular weight is 258 g/mol. The van der Waals surface area contributed by atoms with Crippen molar-refractivity contribution in [2.24, 2.45) is 0 Å². The van der Waals surface area contributed by atoms with Gasteiger partial charge in [0.1, 0.15) is 0 Å². The zero-order chi connectivity index (χ0) is 14.7. The van der Waals surface area contributed by atoms with Crippen molar-refractivity contribution >= 4 is 11.9 Å². The fraction of sp³-hybridized carbons (Fsp3) is 0.538. The maximum atomic E-state index is 10.2. The lowest BCUT2D eigenvalue weighted by Gasteiger charge is -2.05. The van der Waals surface area contributed by atoms with Crippen LogP contribution in [0.5, 0.6) is 0 Å². The van der Waals surface area contributed by atoms with Gasteiger partial charge in [0, 0.05) is 11.1 Å². The summed E-state index contributed by atoms with van der Waals surface area (Å²) in [5.74, 6) is -1.88. The highest BCUT2D eigenvalue weighted by molar-refractivity contribution is 5.85. The van der Waals surface area contributed by atoms with Crippen molar-refractivity contribution in [3.05, 3.63) is 24.3 Å². The molecule has 104 valence electrons. The summed E-state index contributed by atoms with van der Waals surface area (Å²) < 4.78 is 0. The van der Waals surface area contributed by atoms with E-state index in [0.29, 0.717) is 25.7 Å². The highest BCUT2D eigenvalue weighted by Crippen LogP contribution is 2.07. The van der Waals surface area contributed by atoms with E-state index in [-0.39, 0.29) is 11.1 Å². The van der Waals surface area contributed by atoms with E-state index in [1.807, 2.05) is 6.92 Å². The number of hydrogen-bond donors (Lipinski definition) is 3. The Kier molecular flexibility index (Phi) is 11.0. The second kappa shape index (κ2) is 10.5. The van der Waals surface area contributed by atoms with E-state index in [1.54, 1.807) is 6.92 Å². The summed E-state index contributed by atoms with van der Waals surface area (Å²) in [6.07, 6.45) is 1.64. The second-order valence-corrected chi connectivity index (χ2v) is 3.77. The van der Waals surface area contributed by atoms with Gasteiger partial charge in [0.25, 0.3) is 0 Å². The van der Waals surface area contributed by atoms with Gasteiger partial charge in [0.05, 0.1) is 6.10 Å². The fourth-order valence-electron chi connectivity index (χ4n) is 0.803. The Hall–Kier alpha value is -1.62. The Morgan fingerprint density at radius 2 is 1.50 bits per heavy atom. The molecule has 0 saturated heterocycles. The smallest absolute Gasteiger partial charge is 0.330 e. The molecule has 0 aromatic heterocycles. The van der Waals surface area contributed by atoms with Crippen LogP contribution >= 0.6 is 0 Å². The molecule has 0 aliphatic heterocycles. The van der Waals surface area contributed by atoms with Gasteiger partial charge in [0.2, 0.25) is 0 Å². The number of aliphatic carboxylic acids is 2. The van der Waals surface area contributed by atoms with E-state index in [4.69, 9.17) is 15.3 Å². The monoisotopic (exact) mass is 258 g/mol. The molecular formula is C13H22O5. The Bertz CT molecular complexity index is 307. The summed E-state index contributed by atoms with van der Waals surface area (Å²) in [4.78, 5) is 20.0. The summed E-state index contributed by atoms with van der Waals surface area (Å²) in [5.41, 5.74) is 0.428. The number of carbonyl (C=O) groups is 2. The molecule has 0 radical (unpaired) electrons. The molecule has 0 aromatic carbocycles. The zero-order valence-electron chi connectivity index (χ0n) is 11.0. The van der Waals surface area contributed by atoms with E-state index < -0.39 is 18.0 Å². The molecule has 0 aromatic rings. The van der Waals surface area contributed by atoms with Crippen molar-refractivity contribution < 1.29 is 24.9 Å². The molecular weight excluding hydrogens is 236 g/mol. The quantitative estimate of drug-likeness (QED) is 0.608. The highest BCUT2D eigenvalue weighted by atomic mass is 16.4. The summed E-state index contributed by atoms with van der Waals surface area (Å²) in [7, 11) is 0. The molecule has 1 unspecified atom stereocenters. The second-order valence-electron chi connectivity index (χ2n) is 3.77. The zero-order valence-corrected chi connectivity index (χ0v) is 11.0. The van der Waals surface area contributed by atoms with Crippen LogP contribution in [0.4, 0.5) is 0 Å². The topological polar surface area (TPSA) is 94.8 Å². The van der Waals surface area contributed by atoms with E-state index in [9.17, 15) is 9.59 Å². The first-order chi connectivity index (χ1) is 8.26. The summed E-state index contributed by atoms with van der Waals surface area (Å²) in [6, 6.07) is 0. The predicted octanol–water partition coefficient (Wildman–Crippen LogP) is 2.22. The molecule has 18 heavy (non-hydrogen) atoms. The molecule has 0 fully saturated rings. The maximum absolute atomic E-state index is 10.2. The van der Waals surface area contributed by atoms with Crippen molar-refractivity contribution in [3.63, 3.8) is 0 Å². The molecule has 3 N–H and O–H groups in total. The SMILES string of the molecule is C=C(CC)C(=O)O.C=C(CCC(O)CC)C(=O)O. The predicted molar refractivity (Wildman–Crippen MR) is 69.4 cm³/mol. The van der Waals surface area contributed by atoms with Crippen molar-refractivity contribution in [3.8, 4) is 0 Å². The molecule has 0 aliphatic carbocycles. The number of rotatable bonds is 7. The van der Waals surface area contributed by atoms with Gasteiger partial charge in [0.15, 0.2) is 0 Å². The fourth-order valence-corrected chi connectivity index (χ4v) is 0.803. The van der Waals surface area contributed by atoms with Crippen LogP contribution < -0.4 is 0 Å². The Balaban J connectivity index is 0. The maximum Gasteiger partial charge on any atom is 0.330 e. The van der Waals surface area contributed by atoms with Crippen LogP contribution in [-0.4, -0.2) is 33.4 Å². The first-order valence-electron chi connectivity index (χ1n) is 5.76. The van der Waals surface area contributed by atoms with E-state index >= 15 is 0 Å². The lowest BCUT2D eigenvalue weighted by Crippen LogP contribution is -2.07. The minimum absolute atomic E-state index is 0.164. The molecule has 1 atom stereocenters. The van der Waals surface area contributed by atoms with Crippen LogP contribution in [-0.2, 0) is 9.59 Å². The third-order valence-corrected chi connectivity index (χ3v) is 2.28. The van der Waals surface area contributed by atoms with Crippen LogP contribution in [0.1, 0.15) is 39.5 Å². The minimum Gasteiger partial charge on any atom is -0.478 e. The molecule has 0 heterocycles. The van der Waals surface area contributed by atoms with Crippen LogP contribution in [0, 0.1) is 0 Å². The molecule has 5 heteroatoms. The van der Waals surface area contributed by atoms with Crippen molar-refractivity contribution in [2.75, 3.05) is 0 Å². The molecule has 0 bridgehead atoms. The molecule has 0 spiro atoms. The van der Waals surface area contributed by atoms with Crippen LogP contribution in [0.15, 0.2) is 24.3 Å². The van der Waals surface area contributed by atoms with E-state index in [1.165, 1.54) is 0 Å². The molecule has 0 rings (SSSR count). The van der Waals surface area contributed by atoms with Crippen LogP contribution in [0.3, 0.4) is 0 Å². The number of carboxylic acids is 2. The van der Waals surface area contributed by atoms with Crippen LogP contribution in [0.25, 0.3) is 0 Å². The number of aliphatic hydroxyl groups excluding tert-OH is 1. The summed E-state index contributed by atoms with van der Waals surface area (Å²) >= 11 is 0. The average Bonchev–Trinajstić information content (AvgIpc) is 2.34. The Morgan fingerprint density at radius 3 is 1.72 bits per heavy atom. The van der Waals surface area contributed by atoms with Gasteiger partial charge in [-0.3, -0.25) is 0 Å². The van der Waals surface area contributed by atoms with Crippen LogP contribution in [0.2, 0.25) is 0 Å². The molecule has 0 aliphatic rings. The Labute approximate surface area is 107 Å². The van der Waals surface area contributed by atoms with Crippen molar-refractivity contribution in [2.45, 2.75) is 45.6 Å². The third kappa shape index (κ3) is 10.9. The lowest BCUT2D eigenvalue weighted by atomic mass is 10.1. The Morgan fingerprint density at radius 1 is 1.06 bits per heavy atom. The number of carboxylic acid groups (broad SMARTS) is 2.